The van der Waals surface area contributed by atoms with E-state index in [2.05, 4.69) is 15.6 Å². The van der Waals surface area contributed by atoms with Crippen molar-refractivity contribution in [1.82, 2.24) is 4.98 Å². The average Bonchev–Trinajstić information content (AvgIpc) is 2.76. The monoisotopic (exact) mass is 395 g/mol. The van der Waals surface area contributed by atoms with Crippen LogP contribution in [0.25, 0.3) is 10.9 Å². The highest BCUT2D eigenvalue weighted by Crippen LogP contribution is 2.22. The molecule has 30 heavy (non-hydrogen) atoms. The van der Waals surface area contributed by atoms with Gasteiger partial charge in [-0.2, -0.15) is 0 Å². The predicted octanol–water partition coefficient (Wildman–Crippen LogP) is 5.36. The number of aromatic nitrogens is 1. The maximum absolute atomic E-state index is 12.7. The lowest BCUT2D eigenvalue weighted by Crippen LogP contribution is -2.15. The highest BCUT2D eigenvalue weighted by molar-refractivity contribution is 6.09. The molecule has 0 aliphatic heterocycles. The lowest BCUT2D eigenvalue weighted by molar-refractivity contribution is 0.101. The van der Waals surface area contributed by atoms with Gasteiger partial charge in [-0.1, -0.05) is 30.3 Å². The molecule has 0 unspecified atom stereocenters. The quantitative estimate of drug-likeness (QED) is 0.489. The summed E-state index contributed by atoms with van der Waals surface area (Å²) < 4.78 is 0. The van der Waals surface area contributed by atoms with Crippen LogP contribution in [0.3, 0.4) is 0 Å². The highest BCUT2D eigenvalue weighted by atomic mass is 16.2. The summed E-state index contributed by atoms with van der Waals surface area (Å²) in [6.45, 7) is 3.93. The van der Waals surface area contributed by atoms with Gasteiger partial charge in [-0.25, -0.2) is 0 Å². The number of hydrogen-bond acceptors (Lipinski definition) is 3. The van der Waals surface area contributed by atoms with Crippen LogP contribution >= 0.6 is 0 Å². The summed E-state index contributed by atoms with van der Waals surface area (Å²) in [6, 6.07) is 21.9. The van der Waals surface area contributed by atoms with Gasteiger partial charge >= 0.3 is 0 Å². The topological polar surface area (TPSA) is 71.1 Å². The normalized spacial score (nSPS) is 10.6. The van der Waals surface area contributed by atoms with E-state index in [0.29, 0.717) is 16.8 Å². The van der Waals surface area contributed by atoms with Gasteiger partial charge in [0, 0.05) is 28.4 Å². The molecule has 5 nitrogen and oxygen atoms in total. The van der Waals surface area contributed by atoms with E-state index in [9.17, 15) is 9.59 Å². The second kappa shape index (κ2) is 8.17. The molecule has 0 saturated carbocycles. The summed E-state index contributed by atoms with van der Waals surface area (Å²) in [7, 11) is 0. The Kier molecular flexibility index (Phi) is 5.26. The van der Waals surface area contributed by atoms with E-state index in [0.717, 1.165) is 27.7 Å². The fraction of sp³-hybridized carbons (Fsp3) is 0.0800. The molecule has 3 aromatic carbocycles. The summed E-state index contributed by atoms with van der Waals surface area (Å²) in [5.74, 6) is -0.469. The number of carbonyl (C=O) groups is 2. The number of para-hydroxylation sites is 1. The average molecular weight is 395 g/mol. The maximum atomic E-state index is 12.7. The van der Waals surface area contributed by atoms with Crippen LogP contribution in [-0.4, -0.2) is 16.8 Å². The Labute approximate surface area is 174 Å². The molecule has 2 amide bonds. The molecule has 4 rings (SSSR count). The Morgan fingerprint density at radius 2 is 1.37 bits per heavy atom. The fourth-order valence-electron chi connectivity index (χ4n) is 3.24. The van der Waals surface area contributed by atoms with Crippen molar-refractivity contribution in [3.63, 3.8) is 0 Å². The summed E-state index contributed by atoms with van der Waals surface area (Å²) >= 11 is 0. The van der Waals surface area contributed by atoms with Crippen LogP contribution in [0.2, 0.25) is 0 Å². The Morgan fingerprint density at radius 1 is 0.733 bits per heavy atom. The largest absolute Gasteiger partial charge is 0.322 e. The van der Waals surface area contributed by atoms with E-state index in [4.69, 9.17) is 0 Å². The number of fused-ring (bicyclic) bond motifs is 1. The van der Waals surface area contributed by atoms with E-state index in [-0.39, 0.29) is 11.8 Å². The molecule has 1 heterocycles. The van der Waals surface area contributed by atoms with Crippen LogP contribution in [0.15, 0.2) is 79.0 Å². The van der Waals surface area contributed by atoms with E-state index in [1.165, 1.54) is 0 Å². The number of aryl methyl sites for hydroxylation is 2. The van der Waals surface area contributed by atoms with Crippen LogP contribution in [-0.2, 0) is 0 Å². The summed E-state index contributed by atoms with van der Waals surface area (Å²) in [6.07, 6.45) is 1.70. The first-order valence-corrected chi connectivity index (χ1v) is 9.65. The van der Waals surface area contributed by atoms with Crippen molar-refractivity contribution in [3.05, 3.63) is 101 Å². The minimum atomic E-state index is -0.255. The Hall–Kier alpha value is -3.99. The number of benzene rings is 3. The molecular weight excluding hydrogens is 374 g/mol. The van der Waals surface area contributed by atoms with Gasteiger partial charge in [0.1, 0.15) is 0 Å². The zero-order valence-electron chi connectivity index (χ0n) is 16.8. The SMILES string of the molecule is Cc1ccc(C)c(NC(=O)c2ccc(C(=O)Nc3cccc4cccnc34)cc2)c1. The Balaban J connectivity index is 1.49. The first kappa shape index (κ1) is 19.3. The zero-order valence-corrected chi connectivity index (χ0v) is 16.8. The minimum Gasteiger partial charge on any atom is -0.322 e. The molecule has 4 aromatic rings. The Morgan fingerprint density at radius 3 is 2.07 bits per heavy atom. The molecule has 5 heteroatoms. The summed E-state index contributed by atoms with van der Waals surface area (Å²) in [5, 5.41) is 6.78. The molecule has 148 valence electrons. The van der Waals surface area contributed by atoms with Gasteiger partial charge < -0.3 is 10.6 Å². The molecule has 0 radical (unpaired) electrons. The molecule has 0 fully saturated rings. The summed E-state index contributed by atoms with van der Waals surface area (Å²) in [4.78, 5) is 29.6. The standard InChI is InChI=1S/C25H21N3O2/c1-16-8-9-17(2)22(15-16)28-25(30)20-12-10-19(11-13-20)24(29)27-21-7-3-5-18-6-4-14-26-23(18)21/h3-15H,1-2H3,(H,27,29)(H,28,30). The van der Waals surface area contributed by atoms with E-state index < -0.39 is 0 Å². The van der Waals surface area contributed by atoms with Crippen LogP contribution < -0.4 is 10.6 Å². The van der Waals surface area contributed by atoms with Gasteiger partial charge in [0.05, 0.1) is 11.2 Å². The van der Waals surface area contributed by atoms with Crippen LogP contribution in [0.1, 0.15) is 31.8 Å². The second-order valence-electron chi connectivity index (χ2n) is 7.18. The number of rotatable bonds is 4. The molecule has 0 aliphatic carbocycles. The lowest BCUT2D eigenvalue weighted by Gasteiger charge is -2.10. The molecule has 2 N–H and O–H groups in total. The van der Waals surface area contributed by atoms with Gasteiger partial charge in [-0.15, -0.1) is 0 Å². The smallest absolute Gasteiger partial charge is 0.255 e. The number of amides is 2. The van der Waals surface area contributed by atoms with Crippen LogP contribution in [0.5, 0.6) is 0 Å². The zero-order chi connectivity index (χ0) is 21.1. The second-order valence-corrected chi connectivity index (χ2v) is 7.18. The van der Waals surface area contributed by atoms with Gasteiger partial charge in [0.25, 0.3) is 11.8 Å². The predicted molar refractivity (Wildman–Crippen MR) is 120 cm³/mol. The van der Waals surface area contributed by atoms with Crippen LogP contribution in [0.4, 0.5) is 11.4 Å². The van der Waals surface area contributed by atoms with Crippen molar-refractivity contribution in [2.75, 3.05) is 10.6 Å². The number of nitrogens with zero attached hydrogens (tertiary/aromatic N) is 1. The molecule has 0 spiro atoms. The number of hydrogen-bond donors (Lipinski definition) is 2. The summed E-state index contributed by atoms with van der Waals surface area (Å²) in [5.41, 5.74) is 5.18. The van der Waals surface area contributed by atoms with Gasteiger partial charge in [0.15, 0.2) is 0 Å². The van der Waals surface area contributed by atoms with Gasteiger partial charge in [-0.05, 0) is 67.4 Å². The van der Waals surface area contributed by atoms with Crippen molar-refractivity contribution < 1.29 is 9.59 Å². The van der Waals surface area contributed by atoms with Crippen molar-refractivity contribution in [2.24, 2.45) is 0 Å². The van der Waals surface area contributed by atoms with Gasteiger partial charge in [0.2, 0.25) is 0 Å². The van der Waals surface area contributed by atoms with Gasteiger partial charge in [-0.3, -0.25) is 14.6 Å². The molecule has 1 aromatic heterocycles. The minimum absolute atomic E-state index is 0.214. The lowest BCUT2D eigenvalue weighted by atomic mass is 10.1. The van der Waals surface area contributed by atoms with Crippen LogP contribution in [0, 0.1) is 13.8 Å². The highest BCUT2D eigenvalue weighted by Gasteiger charge is 2.12. The molecule has 0 atom stereocenters. The number of anilines is 2. The van der Waals surface area contributed by atoms with Crippen molar-refractivity contribution in [2.45, 2.75) is 13.8 Å². The van der Waals surface area contributed by atoms with Crippen molar-refractivity contribution in [3.8, 4) is 0 Å². The maximum Gasteiger partial charge on any atom is 0.255 e. The first-order chi connectivity index (χ1) is 14.5. The van der Waals surface area contributed by atoms with Crippen molar-refractivity contribution in [1.29, 1.82) is 0 Å². The molecule has 0 saturated heterocycles. The first-order valence-electron chi connectivity index (χ1n) is 9.65. The van der Waals surface area contributed by atoms with Crippen molar-refractivity contribution >= 4 is 34.1 Å². The Bertz CT molecular complexity index is 1240. The molecule has 0 aliphatic rings. The van der Waals surface area contributed by atoms with E-state index in [1.807, 2.05) is 62.4 Å². The fourth-order valence-corrected chi connectivity index (χ4v) is 3.24. The number of pyridine rings is 1. The number of nitrogens with one attached hydrogen (secondary N) is 2. The molecular formula is C25H21N3O2. The van der Waals surface area contributed by atoms with E-state index >= 15 is 0 Å². The number of carbonyl (C=O) groups excluding carboxylic acids is 2. The third-order valence-corrected chi connectivity index (χ3v) is 4.93. The third kappa shape index (κ3) is 4.05. The third-order valence-electron chi connectivity index (χ3n) is 4.93. The molecule has 0 bridgehead atoms. The van der Waals surface area contributed by atoms with E-state index in [1.54, 1.807) is 30.5 Å².